The molecule has 29 heavy (non-hydrogen) atoms. The molecule has 2 atom stereocenters. The van der Waals surface area contributed by atoms with Gasteiger partial charge in [-0.1, -0.05) is 19.1 Å². The van der Waals surface area contributed by atoms with Gasteiger partial charge in [0.05, 0.1) is 12.4 Å². The number of hydrogen-bond acceptors (Lipinski definition) is 3. The minimum absolute atomic E-state index is 0. The number of nitrogens with one attached hydrogen (secondary N) is 2. The Hall–Kier alpha value is -2.10. The largest absolute Gasteiger partial charge is 0.352 e. The number of imidazole rings is 1. The second-order valence-corrected chi connectivity index (χ2v) is 7.25. The summed E-state index contributed by atoms with van der Waals surface area (Å²) in [7, 11) is 1.82. The summed E-state index contributed by atoms with van der Waals surface area (Å²) in [5.41, 5.74) is 1.80. The maximum atomic E-state index is 11.9. The third-order valence-electron chi connectivity index (χ3n) is 5.34. The van der Waals surface area contributed by atoms with E-state index in [4.69, 9.17) is 0 Å². The van der Waals surface area contributed by atoms with Crippen molar-refractivity contribution in [1.82, 2.24) is 25.1 Å². The fraction of sp³-hybridized carbons (Fsp3) is 0.476. The Balaban J connectivity index is 0.00000300. The van der Waals surface area contributed by atoms with Crippen molar-refractivity contribution >= 4 is 35.8 Å². The number of guanidine groups is 1. The standard InChI is InChI=1S/C21H30N6O.HI/c1-4-24-20(28)18-7-5-17(6-8-18)13-25-21(22-3)26-11-9-16(2)19(14-26)27-12-10-23-15-27;/h5-8,10,12,15-16,19H,4,9,11,13-14H2,1-3H3,(H,22,25)(H,24,28);1H. The number of carbonyl (C=O) groups excluding carboxylic acids is 1. The minimum atomic E-state index is -0.0363. The molecule has 1 aliphatic heterocycles. The molecule has 0 bridgehead atoms. The molecule has 0 saturated carbocycles. The average molecular weight is 510 g/mol. The van der Waals surface area contributed by atoms with Crippen LogP contribution >= 0.6 is 24.0 Å². The molecule has 8 heteroatoms. The smallest absolute Gasteiger partial charge is 0.251 e. The van der Waals surface area contributed by atoms with Gasteiger partial charge in [0.2, 0.25) is 0 Å². The van der Waals surface area contributed by atoms with E-state index in [-0.39, 0.29) is 29.9 Å². The molecule has 3 rings (SSSR count). The van der Waals surface area contributed by atoms with Gasteiger partial charge in [-0.3, -0.25) is 9.79 Å². The lowest BCUT2D eigenvalue weighted by Gasteiger charge is -2.39. The Morgan fingerprint density at radius 1 is 1.28 bits per heavy atom. The summed E-state index contributed by atoms with van der Waals surface area (Å²) < 4.78 is 2.20. The number of piperidine rings is 1. The number of halogens is 1. The van der Waals surface area contributed by atoms with E-state index in [0.29, 0.717) is 30.6 Å². The zero-order valence-corrected chi connectivity index (χ0v) is 19.7. The van der Waals surface area contributed by atoms with Crippen LogP contribution in [0.1, 0.15) is 42.2 Å². The average Bonchev–Trinajstić information content (AvgIpc) is 3.24. The molecule has 2 aromatic rings. The topological polar surface area (TPSA) is 74.6 Å². The molecule has 1 saturated heterocycles. The van der Waals surface area contributed by atoms with Crippen molar-refractivity contribution in [2.75, 3.05) is 26.7 Å². The number of amides is 1. The predicted molar refractivity (Wildman–Crippen MR) is 127 cm³/mol. The summed E-state index contributed by atoms with van der Waals surface area (Å²) in [4.78, 5) is 22.9. The van der Waals surface area contributed by atoms with Gasteiger partial charge in [0.1, 0.15) is 0 Å². The third kappa shape index (κ3) is 5.94. The molecule has 1 aromatic carbocycles. The minimum Gasteiger partial charge on any atom is -0.352 e. The zero-order chi connectivity index (χ0) is 19.9. The van der Waals surface area contributed by atoms with Crippen molar-refractivity contribution in [3.8, 4) is 0 Å². The highest BCUT2D eigenvalue weighted by Crippen LogP contribution is 2.27. The maximum Gasteiger partial charge on any atom is 0.251 e. The van der Waals surface area contributed by atoms with E-state index in [0.717, 1.165) is 31.0 Å². The number of carbonyl (C=O) groups is 1. The van der Waals surface area contributed by atoms with Crippen molar-refractivity contribution in [2.24, 2.45) is 10.9 Å². The molecule has 1 amide bonds. The SMILES string of the molecule is CCNC(=O)c1ccc(CNC(=NC)N2CCC(C)C(n3ccnc3)C2)cc1.I. The molecule has 2 heterocycles. The second kappa shape index (κ2) is 11.2. The number of nitrogens with zero attached hydrogens (tertiary/aromatic N) is 4. The Morgan fingerprint density at radius 2 is 2.03 bits per heavy atom. The summed E-state index contributed by atoms with van der Waals surface area (Å²) in [6.45, 7) is 7.42. The van der Waals surface area contributed by atoms with Gasteiger partial charge < -0.3 is 20.1 Å². The van der Waals surface area contributed by atoms with Crippen LogP contribution < -0.4 is 10.6 Å². The van der Waals surface area contributed by atoms with Gasteiger partial charge in [-0.25, -0.2) is 4.98 Å². The van der Waals surface area contributed by atoms with Gasteiger partial charge in [-0.05, 0) is 37.0 Å². The first-order chi connectivity index (χ1) is 13.6. The van der Waals surface area contributed by atoms with Gasteiger partial charge in [0, 0.05) is 51.2 Å². The Labute approximate surface area is 190 Å². The summed E-state index contributed by atoms with van der Waals surface area (Å²) in [6, 6.07) is 8.09. The van der Waals surface area contributed by atoms with Gasteiger partial charge in [-0.15, -0.1) is 24.0 Å². The summed E-state index contributed by atoms with van der Waals surface area (Å²) >= 11 is 0. The molecular weight excluding hydrogens is 479 g/mol. The van der Waals surface area contributed by atoms with Crippen molar-refractivity contribution in [3.63, 3.8) is 0 Å². The maximum absolute atomic E-state index is 11.9. The summed E-state index contributed by atoms with van der Waals surface area (Å²) in [5.74, 6) is 1.47. The van der Waals surface area contributed by atoms with E-state index >= 15 is 0 Å². The van der Waals surface area contributed by atoms with Gasteiger partial charge in [0.25, 0.3) is 5.91 Å². The Kier molecular flexibility index (Phi) is 8.94. The Morgan fingerprint density at radius 3 is 2.66 bits per heavy atom. The lowest BCUT2D eigenvalue weighted by atomic mass is 9.93. The highest BCUT2D eigenvalue weighted by molar-refractivity contribution is 14.0. The first-order valence-corrected chi connectivity index (χ1v) is 9.92. The number of rotatable bonds is 5. The molecular formula is C21H31IN6O. The van der Waals surface area contributed by atoms with Gasteiger partial charge >= 0.3 is 0 Å². The van der Waals surface area contributed by atoms with Crippen molar-refractivity contribution in [2.45, 2.75) is 32.9 Å². The lowest BCUT2D eigenvalue weighted by molar-refractivity contribution is 0.0956. The number of aromatic nitrogens is 2. The Bertz CT molecular complexity index is 790. The van der Waals surface area contributed by atoms with Crippen LogP contribution in [-0.4, -0.2) is 53.0 Å². The van der Waals surface area contributed by atoms with Gasteiger partial charge in [0.15, 0.2) is 5.96 Å². The van der Waals surface area contributed by atoms with E-state index < -0.39 is 0 Å². The van der Waals surface area contributed by atoms with E-state index in [1.165, 1.54) is 0 Å². The molecule has 1 aliphatic rings. The first-order valence-electron chi connectivity index (χ1n) is 9.92. The number of hydrogen-bond donors (Lipinski definition) is 2. The lowest BCUT2D eigenvalue weighted by Crippen LogP contribution is -2.48. The molecule has 7 nitrogen and oxygen atoms in total. The normalized spacial score (nSPS) is 19.4. The number of benzene rings is 1. The van der Waals surface area contributed by atoms with E-state index in [9.17, 15) is 4.79 Å². The fourth-order valence-corrected chi connectivity index (χ4v) is 3.64. The van der Waals surface area contributed by atoms with Crippen LogP contribution in [0.25, 0.3) is 0 Å². The molecule has 0 aliphatic carbocycles. The number of likely N-dealkylation sites (tertiary alicyclic amines) is 1. The fourth-order valence-electron chi connectivity index (χ4n) is 3.64. The predicted octanol–water partition coefficient (Wildman–Crippen LogP) is 2.91. The quantitative estimate of drug-likeness (QED) is 0.369. The second-order valence-electron chi connectivity index (χ2n) is 7.25. The van der Waals surface area contributed by atoms with Crippen LogP contribution in [0.2, 0.25) is 0 Å². The first kappa shape index (κ1) is 23.2. The highest BCUT2D eigenvalue weighted by atomic mass is 127. The van der Waals surface area contributed by atoms with Crippen LogP contribution in [0.3, 0.4) is 0 Å². The third-order valence-corrected chi connectivity index (χ3v) is 5.34. The molecule has 2 N–H and O–H groups in total. The van der Waals surface area contributed by atoms with Crippen LogP contribution in [0.5, 0.6) is 0 Å². The van der Waals surface area contributed by atoms with Crippen molar-refractivity contribution in [1.29, 1.82) is 0 Å². The van der Waals surface area contributed by atoms with E-state index in [1.54, 1.807) is 0 Å². The van der Waals surface area contributed by atoms with Crippen LogP contribution in [0.4, 0.5) is 0 Å². The molecule has 0 spiro atoms. The van der Waals surface area contributed by atoms with E-state index in [2.05, 4.69) is 37.0 Å². The van der Waals surface area contributed by atoms with Crippen molar-refractivity contribution < 1.29 is 4.79 Å². The van der Waals surface area contributed by atoms with Crippen molar-refractivity contribution in [3.05, 3.63) is 54.1 Å². The van der Waals surface area contributed by atoms with Crippen LogP contribution in [0, 0.1) is 5.92 Å². The molecule has 1 fully saturated rings. The zero-order valence-electron chi connectivity index (χ0n) is 17.3. The molecule has 158 valence electrons. The molecule has 2 unspecified atom stereocenters. The molecule has 0 radical (unpaired) electrons. The number of aliphatic imine (C=N–C) groups is 1. The molecule has 1 aromatic heterocycles. The van der Waals surface area contributed by atoms with E-state index in [1.807, 2.05) is 57.0 Å². The summed E-state index contributed by atoms with van der Waals surface area (Å²) in [5, 5.41) is 6.28. The van der Waals surface area contributed by atoms with Crippen LogP contribution in [0.15, 0.2) is 48.0 Å². The monoisotopic (exact) mass is 510 g/mol. The summed E-state index contributed by atoms with van der Waals surface area (Å²) in [6.07, 6.45) is 6.89. The highest BCUT2D eigenvalue weighted by Gasteiger charge is 2.28. The van der Waals surface area contributed by atoms with Crippen LogP contribution in [-0.2, 0) is 6.54 Å². The van der Waals surface area contributed by atoms with Gasteiger partial charge in [-0.2, -0.15) is 0 Å².